The minimum absolute atomic E-state index is 0.243. The summed E-state index contributed by atoms with van der Waals surface area (Å²) < 4.78 is 0. The highest BCUT2D eigenvalue weighted by atomic mass is 35.5. The zero-order valence-corrected chi connectivity index (χ0v) is 20.1. The molecule has 0 saturated heterocycles. The predicted molar refractivity (Wildman–Crippen MR) is 134 cm³/mol. The van der Waals surface area contributed by atoms with Crippen molar-refractivity contribution in [3.05, 3.63) is 75.4 Å². The van der Waals surface area contributed by atoms with Crippen LogP contribution in [-0.2, 0) is 6.42 Å². The maximum absolute atomic E-state index is 12.6. The zero-order valence-electron chi connectivity index (χ0n) is 18.5. The molecule has 0 saturated carbocycles. The zero-order chi connectivity index (χ0) is 22.9. The van der Waals surface area contributed by atoms with Crippen LogP contribution < -0.4 is 16.0 Å². The third kappa shape index (κ3) is 6.63. The number of benzene rings is 1. The molecule has 0 unspecified atom stereocenters. The maximum atomic E-state index is 12.6. The molecule has 8 heteroatoms. The van der Waals surface area contributed by atoms with Gasteiger partial charge in [-0.2, -0.15) is 0 Å². The van der Waals surface area contributed by atoms with Gasteiger partial charge in [-0.05, 0) is 64.0 Å². The van der Waals surface area contributed by atoms with Crippen molar-refractivity contribution in [1.82, 2.24) is 15.3 Å². The van der Waals surface area contributed by atoms with Crippen molar-refractivity contribution in [2.45, 2.75) is 33.1 Å². The molecule has 0 aliphatic carbocycles. The molecule has 0 spiro atoms. The fourth-order valence-corrected chi connectivity index (χ4v) is 4.21. The van der Waals surface area contributed by atoms with E-state index in [1.165, 1.54) is 16.9 Å². The van der Waals surface area contributed by atoms with Crippen LogP contribution in [0.1, 0.15) is 40.7 Å². The summed E-state index contributed by atoms with van der Waals surface area (Å²) in [5.74, 6) is 0.462. The number of halogens is 1. The quantitative estimate of drug-likeness (QED) is 0.251. The van der Waals surface area contributed by atoms with Crippen molar-refractivity contribution in [2.75, 3.05) is 24.2 Å². The van der Waals surface area contributed by atoms with E-state index in [0.717, 1.165) is 37.1 Å². The monoisotopic (exact) mass is 469 g/mol. The molecule has 3 rings (SSSR count). The van der Waals surface area contributed by atoms with E-state index in [1.807, 2.05) is 44.3 Å². The number of carbonyl (C=O) groups is 1. The lowest BCUT2D eigenvalue weighted by Gasteiger charge is -2.09. The molecule has 2 heterocycles. The second kappa shape index (κ2) is 11.8. The van der Waals surface area contributed by atoms with Gasteiger partial charge in [0.1, 0.15) is 10.7 Å². The van der Waals surface area contributed by atoms with Crippen molar-refractivity contribution >= 4 is 45.5 Å². The number of aryl methyl sites for hydroxylation is 1. The molecule has 0 aliphatic heterocycles. The molecule has 0 radical (unpaired) electrons. The summed E-state index contributed by atoms with van der Waals surface area (Å²) in [7, 11) is 1.97. The molecule has 1 amide bonds. The van der Waals surface area contributed by atoms with E-state index < -0.39 is 0 Å². The summed E-state index contributed by atoms with van der Waals surface area (Å²) in [4.78, 5) is 22.2. The van der Waals surface area contributed by atoms with Gasteiger partial charge in [0, 0.05) is 12.1 Å². The third-order valence-corrected chi connectivity index (χ3v) is 6.20. The SMILES string of the molecule is C/C=C(\CCCNC)Cc1cccc(Nc2ncc(C(=O)Nc3c(C)cccc3Cl)s2)n1. The Balaban J connectivity index is 1.64. The highest BCUT2D eigenvalue weighted by molar-refractivity contribution is 7.17. The van der Waals surface area contributed by atoms with Crippen molar-refractivity contribution < 1.29 is 4.79 Å². The Labute approximate surface area is 198 Å². The molecule has 1 aromatic carbocycles. The average Bonchev–Trinajstić information content (AvgIpc) is 3.24. The average molecular weight is 470 g/mol. The number of rotatable bonds is 10. The summed E-state index contributed by atoms with van der Waals surface area (Å²) in [6.07, 6.45) is 6.69. The lowest BCUT2D eigenvalue weighted by Crippen LogP contribution is -2.11. The number of anilines is 3. The van der Waals surface area contributed by atoms with Gasteiger partial charge < -0.3 is 16.0 Å². The highest BCUT2D eigenvalue weighted by Gasteiger charge is 2.14. The van der Waals surface area contributed by atoms with Crippen molar-refractivity contribution in [2.24, 2.45) is 0 Å². The standard InChI is InChI=1S/C24H28ClN5OS/c1-4-17(9-7-13-26-3)14-18-10-6-12-21(28-18)29-24-27-15-20(32-24)23(31)30-22-16(2)8-5-11-19(22)25/h4-6,8,10-12,15,26H,7,9,13-14H2,1-3H3,(H,30,31)(H,27,28,29)/b17-4+. The molecule has 3 N–H and O–H groups in total. The summed E-state index contributed by atoms with van der Waals surface area (Å²) in [6.45, 7) is 4.98. The largest absolute Gasteiger partial charge is 0.320 e. The molecule has 0 atom stereocenters. The van der Waals surface area contributed by atoms with Gasteiger partial charge in [-0.3, -0.25) is 4.79 Å². The summed E-state index contributed by atoms with van der Waals surface area (Å²) in [5, 5.41) is 10.4. The van der Waals surface area contributed by atoms with Crippen LogP contribution in [0, 0.1) is 6.92 Å². The van der Waals surface area contributed by atoms with Gasteiger partial charge in [0.2, 0.25) is 0 Å². The molecular weight excluding hydrogens is 442 g/mol. The number of hydrogen-bond acceptors (Lipinski definition) is 6. The van der Waals surface area contributed by atoms with Gasteiger partial charge in [-0.25, -0.2) is 9.97 Å². The fraction of sp³-hybridized carbons (Fsp3) is 0.292. The Bertz CT molecular complexity index is 1080. The minimum Gasteiger partial charge on any atom is -0.320 e. The van der Waals surface area contributed by atoms with Crippen molar-refractivity contribution in [1.29, 1.82) is 0 Å². The van der Waals surface area contributed by atoms with E-state index in [1.54, 1.807) is 12.3 Å². The number of hydrogen-bond donors (Lipinski definition) is 3. The van der Waals surface area contributed by atoms with Crippen LogP contribution in [0.4, 0.5) is 16.6 Å². The number of thiazole rings is 1. The Kier molecular flexibility index (Phi) is 8.79. The van der Waals surface area contributed by atoms with E-state index in [2.05, 4.69) is 33.9 Å². The van der Waals surface area contributed by atoms with Gasteiger partial charge in [-0.1, -0.05) is 52.8 Å². The van der Waals surface area contributed by atoms with Crippen LogP contribution in [0.15, 0.2) is 54.2 Å². The minimum atomic E-state index is -0.243. The van der Waals surface area contributed by atoms with Gasteiger partial charge >= 0.3 is 0 Å². The van der Waals surface area contributed by atoms with Crippen molar-refractivity contribution in [3.8, 4) is 0 Å². The number of nitrogens with zero attached hydrogens (tertiary/aromatic N) is 2. The number of aromatic nitrogens is 2. The van der Waals surface area contributed by atoms with Gasteiger partial charge in [0.15, 0.2) is 5.13 Å². The number of carbonyl (C=O) groups excluding carboxylic acids is 1. The summed E-state index contributed by atoms with van der Waals surface area (Å²) in [5.41, 5.74) is 3.89. The van der Waals surface area contributed by atoms with Gasteiger partial charge in [0.05, 0.1) is 16.9 Å². The van der Waals surface area contributed by atoms with E-state index in [-0.39, 0.29) is 5.91 Å². The second-order valence-corrected chi connectivity index (χ2v) is 8.82. The Morgan fingerprint density at radius 3 is 2.78 bits per heavy atom. The lowest BCUT2D eigenvalue weighted by atomic mass is 10.0. The first-order valence-corrected chi connectivity index (χ1v) is 11.7. The second-order valence-electron chi connectivity index (χ2n) is 7.39. The highest BCUT2D eigenvalue weighted by Crippen LogP contribution is 2.28. The Morgan fingerprint density at radius 2 is 2.03 bits per heavy atom. The van der Waals surface area contributed by atoms with E-state index in [4.69, 9.17) is 16.6 Å². The normalized spacial score (nSPS) is 11.4. The first-order valence-electron chi connectivity index (χ1n) is 10.5. The van der Waals surface area contributed by atoms with E-state index in [9.17, 15) is 4.79 Å². The van der Waals surface area contributed by atoms with Crippen molar-refractivity contribution in [3.63, 3.8) is 0 Å². The molecular formula is C24H28ClN5OS. The molecule has 6 nitrogen and oxygen atoms in total. The molecule has 32 heavy (non-hydrogen) atoms. The Morgan fingerprint density at radius 1 is 1.22 bits per heavy atom. The molecule has 0 aliphatic rings. The Hall–Kier alpha value is -2.74. The molecule has 168 valence electrons. The van der Waals surface area contributed by atoms with Crippen LogP contribution in [0.25, 0.3) is 0 Å². The van der Waals surface area contributed by atoms with Crippen LogP contribution in [0.5, 0.6) is 0 Å². The smallest absolute Gasteiger partial charge is 0.267 e. The maximum Gasteiger partial charge on any atom is 0.267 e. The first kappa shape index (κ1) is 23.9. The molecule has 2 aromatic heterocycles. The van der Waals surface area contributed by atoms with E-state index in [0.29, 0.717) is 26.5 Å². The topological polar surface area (TPSA) is 78.9 Å². The van der Waals surface area contributed by atoms with Crippen LogP contribution in [0.2, 0.25) is 5.02 Å². The number of amides is 1. The molecule has 0 bridgehead atoms. The number of pyridine rings is 1. The third-order valence-electron chi connectivity index (χ3n) is 4.97. The van der Waals surface area contributed by atoms with Crippen LogP contribution >= 0.6 is 22.9 Å². The number of allylic oxidation sites excluding steroid dienone is 2. The number of nitrogens with one attached hydrogen (secondary N) is 3. The lowest BCUT2D eigenvalue weighted by molar-refractivity contribution is 0.103. The first-order chi connectivity index (χ1) is 15.5. The van der Waals surface area contributed by atoms with Gasteiger partial charge in [0.25, 0.3) is 5.91 Å². The van der Waals surface area contributed by atoms with Gasteiger partial charge in [-0.15, -0.1) is 0 Å². The number of para-hydroxylation sites is 1. The molecule has 0 fully saturated rings. The summed E-state index contributed by atoms with van der Waals surface area (Å²) in [6, 6.07) is 11.4. The van der Waals surface area contributed by atoms with E-state index >= 15 is 0 Å². The van der Waals surface area contributed by atoms with Crippen LogP contribution in [-0.4, -0.2) is 29.5 Å². The molecule has 3 aromatic rings. The fourth-order valence-electron chi connectivity index (χ4n) is 3.22. The predicted octanol–water partition coefficient (Wildman–Crippen LogP) is 5.98. The van der Waals surface area contributed by atoms with Crippen LogP contribution in [0.3, 0.4) is 0 Å². The summed E-state index contributed by atoms with van der Waals surface area (Å²) >= 11 is 7.48.